The average Bonchev–Trinajstić information content (AvgIpc) is 3.16. The van der Waals surface area contributed by atoms with Crippen LogP contribution in [0.2, 0.25) is 0 Å². The summed E-state index contributed by atoms with van der Waals surface area (Å²) in [5.74, 6) is 0. The average molecular weight is 293 g/mol. The van der Waals surface area contributed by atoms with Crippen molar-refractivity contribution in [1.82, 2.24) is 19.9 Å². The number of aromatic nitrogens is 3. The van der Waals surface area contributed by atoms with Gasteiger partial charge in [0.1, 0.15) is 5.65 Å². The molecule has 0 amide bonds. The number of hydrogen-bond acceptors (Lipinski definition) is 4. The topological polar surface area (TPSA) is 70.8 Å². The zero-order valence-electron chi connectivity index (χ0n) is 12.4. The highest BCUT2D eigenvalue weighted by molar-refractivity contribution is 5.94. The van der Waals surface area contributed by atoms with Crippen molar-refractivity contribution in [2.75, 3.05) is 18.8 Å². The summed E-state index contributed by atoms with van der Waals surface area (Å²) in [7, 11) is 0. The van der Waals surface area contributed by atoms with E-state index in [9.17, 15) is 0 Å². The molecule has 3 N–H and O–H groups in total. The molecule has 0 saturated carbocycles. The van der Waals surface area contributed by atoms with Gasteiger partial charge in [-0.15, -0.1) is 0 Å². The first kappa shape index (κ1) is 13.3. The molecular formula is C17H19N5. The summed E-state index contributed by atoms with van der Waals surface area (Å²) >= 11 is 0. The molecule has 0 bridgehead atoms. The number of fused-ring (bicyclic) bond motifs is 1. The molecule has 3 aromatic rings. The van der Waals surface area contributed by atoms with Crippen LogP contribution in [-0.4, -0.2) is 32.9 Å². The van der Waals surface area contributed by atoms with Gasteiger partial charge in [-0.2, -0.15) is 0 Å². The van der Waals surface area contributed by atoms with Crippen LogP contribution < -0.4 is 5.73 Å². The van der Waals surface area contributed by atoms with Gasteiger partial charge in [-0.05, 0) is 43.6 Å². The number of rotatable bonds is 3. The lowest BCUT2D eigenvalue weighted by molar-refractivity contribution is 0.331. The predicted octanol–water partition coefficient (Wildman–Crippen LogP) is 2.80. The molecule has 4 rings (SSSR count). The van der Waals surface area contributed by atoms with Gasteiger partial charge in [0.2, 0.25) is 0 Å². The Morgan fingerprint density at radius 3 is 2.82 bits per heavy atom. The molecule has 22 heavy (non-hydrogen) atoms. The SMILES string of the molecule is Nc1cncc(-c2c[nH]c3ncc(CN4CCCC4)cc23)c1. The van der Waals surface area contributed by atoms with Crippen molar-refractivity contribution >= 4 is 16.7 Å². The second kappa shape index (κ2) is 5.42. The van der Waals surface area contributed by atoms with Gasteiger partial charge >= 0.3 is 0 Å². The number of nitrogen functional groups attached to an aromatic ring is 1. The molecule has 112 valence electrons. The molecule has 0 radical (unpaired) electrons. The number of likely N-dealkylation sites (tertiary alicyclic amines) is 1. The molecule has 1 aliphatic rings. The summed E-state index contributed by atoms with van der Waals surface area (Å²) in [4.78, 5) is 14.5. The van der Waals surface area contributed by atoms with Gasteiger partial charge in [0.05, 0.1) is 5.69 Å². The zero-order chi connectivity index (χ0) is 14.9. The summed E-state index contributed by atoms with van der Waals surface area (Å²) in [6.45, 7) is 3.36. The van der Waals surface area contributed by atoms with E-state index in [2.05, 4.69) is 25.9 Å². The van der Waals surface area contributed by atoms with Crippen molar-refractivity contribution < 1.29 is 0 Å². The van der Waals surface area contributed by atoms with Crippen molar-refractivity contribution in [2.24, 2.45) is 0 Å². The normalized spacial score (nSPS) is 15.6. The Labute approximate surface area is 129 Å². The molecule has 4 heterocycles. The molecule has 5 nitrogen and oxygen atoms in total. The number of nitrogens with two attached hydrogens (primary N) is 1. The number of hydrogen-bond donors (Lipinski definition) is 2. The summed E-state index contributed by atoms with van der Waals surface area (Å²) < 4.78 is 0. The Bertz CT molecular complexity index is 802. The molecule has 3 aromatic heterocycles. The Morgan fingerprint density at radius 2 is 2.00 bits per heavy atom. The highest BCUT2D eigenvalue weighted by atomic mass is 15.1. The maximum absolute atomic E-state index is 5.85. The third kappa shape index (κ3) is 2.44. The van der Waals surface area contributed by atoms with E-state index in [-0.39, 0.29) is 0 Å². The van der Waals surface area contributed by atoms with E-state index in [4.69, 9.17) is 5.73 Å². The van der Waals surface area contributed by atoms with Crippen LogP contribution in [0, 0.1) is 0 Å². The van der Waals surface area contributed by atoms with Gasteiger partial charge in [-0.1, -0.05) is 0 Å². The Kier molecular flexibility index (Phi) is 3.27. The number of aromatic amines is 1. The fourth-order valence-electron chi connectivity index (χ4n) is 3.18. The Morgan fingerprint density at radius 1 is 1.14 bits per heavy atom. The van der Waals surface area contributed by atoms with Crippen molar-refractivity contribution in [3.8, 4) is 11.1 Å². The van der Waals surface area contributed by atoms with Crippen LogP contribution in [0.5, 0.6) is 0 Å². The molecular weight excluding hydrogens is 274 g/mol. The number of anilines is 1. The van der Waals surface area contributed by atoms with Crippen molar-refractivity contribution in [2.45, 2.75) is 19.4 Å². The van der Waals surface area contributed by atoms with Crippen LogP contribution in [0.25, 0.3) is 22.2 Å². The number of pyridine rings is 2. The van der Waals surface area contributed by atoms with Gasteiger partial charge in [-0.3, -0.25) is 9.88 Å². The molecule has 5 heteroatoms. The third-order valence-electron chi connectivity index (χ3n) is 4.26. The van der Waals surface area contributed by atoms with Crippen LogP contribution >= 0.6 is 0 Å². The molecule has 0 spiro atoms. The van der Waals surface area contributed by atoms with E-state index in [0.29, 0.717) is 5.69 Å². The summed E-state index contributed by atoms with van der Waals surface area (Å²) in [5.41, 5.74) is 10.8. The summed E-state index contributed by atoms with van der Waals surface area (Å²) in [5, 5.41) is 1.13. The first-order valence-electron chi connectivity index (χ1n) is 7.69. The lowest BCUT2D eigenvalue weighted by Gasteiger charge is -2.14. The van der Waals surface area contributed by atoms with E-state index in [1.54, 1.807) is 6.20 Å². The summed E-state index contributed by atoms with van der Waals surface area (Å²) in [6, 6.07) is 4.18. The van der Waals surface area contributed by atoms with Crippen molar-refractivity contribution in [3.05, 3.63) is 42.5 Å². The minimum atomic E-state index is 0.674. The molecule has 0 aliphatic carbocycles. The fraction of sp³-hybridized carbons (Fsp3) is 0.294. The number of H-pyrrole nitrogens is 1. The van der Waals surface area contributed by atoms with Gasteiger partial charge in [0.15, 0.2) is 0 Å². The van der Waals surface area contributed by atoms with Gasteiger partial charge in [0.25, 0.3) is 0 Å². The van der Waals surface area contributed by atoms with Crippen LogP contribution in [0.4, 0.5) is 5.69 Å². The minimum absolute atomic E-state index is 0.674. The van der Waals surface area contributed by atoms with E-state index in [0.717, 1.165) is 28.7 Å². The van der Waals surface area contributed by atoms with E-state index < -0.39 is 0 Å². The van der Waals surface area contributed by atoms with E-state index >= 15 is 0 Å². The lowest BCUT2D eigenvalue weighted by Crippen LogP contribution is -2.18. The largest absolute Gasteiger partial charge is 0.397 e. The van der Waals surface area contributed by atoms with Crippen LogP contribution in [0.15, 0.2) is 36.9 Å². The predicted molar refractivity (Wildman–Crippen MR) is 88.2 cm³/mol. The number of nitrogens with zero attached hydrogens (tertiary/aromatic N) is 3. The summed E-state index contributed by atoms with van der Waals surface area (Å²) in [6.07, 6.45) is 10.1. The van der Waals surface area contributed by atoms with Crippen LogP contribution in [0.1, 0.15) is 18.4 Å². The van der Waals surface area contributed by atoms with Crippen LogP contribution in [0.3, 0.4) is 0 Å². The minimum Gasteiger partial charge on any atom is -0.397 e. The lowest BCUT2D eigenvalue weighted by atomic mass is 10.1. The Balaban J connectivity index is 1.73. The first-order chi connectivity index (χ1) is 10.8. The maximum Gasteiger partial charge on any atom is 0.137 e. The third-order valence-corrected chi connectivity index (χ3v) is 4.26. The second-order valence-corrected chi connectivity index (χ2v) is 5.93. The van der Waals surface area contributed by atoms with E-state index in [1.165, 1.54) is 31.5 Å². The second-order valence-electron chi connectivity index (χ2n) is 5.93. The standard InChI is InChI=1S/C17H19N5/c18-14-6-13(8-19-9-14)16-10-21-17-15(16)5-12(7-20-17)11-22-3-1-2-4-22/h5-10H,1-4,11,18H2,(H,20,21). The molecule has 0 unspecified atom stereocenters. The molecule has 1 fully saturated rings. The molecule has 0 atom stereocenters. The van der Waals surface area contributed by atoms with Gasteiger partial charge in [0, 0.05) is 47.8 Å². The smallest absolute Gasteiger partial charge is 0.137 e. The Hall–Kier alpha value is -2.40. The quantitative estimate of drug-likeness (QED) is 0.779. The highest BCUT2D eigenvalue weighted by Crippen LogP contribution is 2.29. The number of nitrogens with one attached hydrogen (secondary N) is 1. The zero-order valence-corrected chi connectivity index (χ0v) is 12.4. The highest BCUT2D eigenvalue weighted by Gasteiger charge is 2.14. The monoisotopic (exact) mass is 293 g/mol. The van der Waals surface area contributed by atoms with Crippen molar-refractivity contribution in [1.29, 1.82) is 0 Å². The molecule has 0 aromatic carbocycles. The fourth-order valence-corrected chi connectivity index (χ4v) is 3.18. The van der Waals surface area contributed by atoms with Crippen molar-refractivity contribution in [3.63, 3.8) is 0 Å². The van der Waals surface area contributed by atoms with E-state index in [1.807, 2.05) is 24.7 Å². The van der Waals surface area contributed by atoms with Crippen LogP contribution in [-0.2, 0) is 6.54 Å². The first-order valence-corrected chi connectivity index (χ1v) is 7.69. The molecule has 1 saturated heterocycles. The van der Waals surface area contributed by atoms with Gasteiger partial charge in [-0.25, -0.2) is 4.98 Å². The van der Waals surface area contributed by atoms with Gasteiger partial charge < -0.3 is 10.7 Å². The molecule has 1 aliphatic heterocycles. The maximum atomic E-state index is 5.85.